The molecule has 0 bridgehead atoms. The average molecular weight is 451 g/mol. The molecule has 31 heavy (non-hydrogen) atoms. The lowest BCUT2D eigenvalue weighted by molar-refractivity contribution is -0.162. The van der Waals surface area contributed by atoms with Gasteiger partial charge in [0.2, 0.25) is 11.8 Å². The molecule has 0 aliphatic carbocycles. The lowest BCUT2D eigenvalue weighted by Crippen LogP contribution is -2.64. The van der Waals surface area contributed by atoms with Crippen LogP contribution in [0.5, 0.6) is 5.88 Å². The topological polar surface area (TPSA) is 125 Å². The van der Waals surface area contributed by atoms with Crippen LogP contribution < -0.4 is 10.1 Å². The van der Waals surface area contributed by atoms with Crippen molar-refractivity contribution in [1.82, 2.24) is 20.3 Å². The summed E-state index contributed by atoms with van der Waals surface area (Å²) in [6, 6.07) is 1.01. The third kappa shape index (κ3) is 3.69. The van der Waals surface area contributed by atoms with Gasteiger partial charge in [0.15, 0.2) is 0 Å². The van der Waals surface area contributed by atoms with E-state index in [0.717, 1.165) is 0 Å². The van der Waals surface area contributed by atoms with E-state index in [2.05, 4.69) is 10.5 Å². The Balaban J connectivity index is 1.49. The smallest absolute Gasteiger partial charge is 0.353 e. The third-order valence-corrected chi connectivity index (χ3v) is 7.65. The van der Waals surface area contributed by atoms with Gasteiger partial charge >= 0.3 is 5.97 Å². The largest absolute Gasteiger partial charge is 0.477 e. The molecule has 11 heteroatoms. The standard InChI is InChI=1S/C20H26N4O6S/c1-9-15-14(10(2)30-13-5-6-29-22-13)19(26)24(15)16(20(27)28)17(9)31-11-7-12(21-8-11)18(25)23(3)4/h5-6,9-12,14-15,21H,7-8H2,1-4H3,(H,27,28)/t9-,10?,11+,12+,14-,15-/m1/s1. The van der Waals surface area contributed by atoms with Crippen LogP contribution in [0.15, 0.2) is 27.5 Å². The van der Waals surface area contributed by atoms with Crippen LogP contribution >= 0.6 is 11.8 Å². The number of aliphatic carboxylic acids is 1. The zero-order valence-electron chi connectivity index (χ0n) is 17.8. The molecule has 10 nitrogen and oxygen atoms in total. The molecule has 4 rings (SSSR count). The minimum atomic E-state index is -1.11. The molecule has 1 aromatic rings. The fourth-order valence-electron chi connectivity index (χ4n) is 4.66. The molecule has 2 amide bonds. The van der Waals surface area contributed by atoms with Crippen molar-refractivity contribution in [3.8, 4) is 5.88 Å². The highest BCUT2D eigenvalue weighted by atomic mass is 32.2. The summed E-state index contributed by atoms with van der Waals surface area (Å²) in [4.78, 5) is 40.8. The van der Waals surface area contributed by atoms with Crippen LogP contribution in [0.2, 0.25) is 0 Å². The number of nitrogens with one attached hydrogen (secondary N) is 1. The number of carboxylic acid groups (broad SMARTS) is 1. The molecule has 4 heterocycles. The normalized spacial score (nSPS) is 30.8. The van der Waals surface area contributed by atoms with Crippen LogP contribution in [0.25, 0.3) is 0 Å². The summed E-state index contributed by atoms with van der Waals surface area (Å²) < 4.78 is 10.5. The van der Waals surface area contributed by atoms with E-state index in [9.17, 15) is 19.5 Å². The number of amides is 2. The highest BCUT2D eigenvalue weighted by molar-refractivity contribution is 8.03. The van der Waals surface area contributed by atoms with E-state index in [1.807, 2.05) is 6.92 Å². The number of carboxylic acids is 1. The van der Waals surface area contributed by atoms with E-state index in [-0.39, 0.29) is 40.8 Å². The number of fused-ring (bicyclic) bond motifs is 1. The van der Waals surface area contributed by atoms with Gasteiger partial charge in [-0.3, -0.25) is 9.59 Å². The van der Waals surface area contributed by atoms with Gasteiger partial charge in [0.25, 0.3) is 5.88 Å². The molecule has 2 saturated heterocycles. The maximum atomic E-state index is 12.9. The van der Waals surface area contributed by atoms with E-state index >= 15 is 0 Å². The number of carbonyl (C=O) groups is 3. The summed E-state index contributed by atoms with van der Waals surface area (Å²) in [5, 5.41) is 16.9. The SMILES string of the molecule is CC(Oc1ccon1)[C@H]1C(=O)N2C(C(=O)O)=C(S[C@@H]3CN[C@H](C(=O)N(C)C)C3)[C@H](C)[C@H]12. The van der Waals surface area contributed by atoms with Gasteiger partial charge in [0.05, 0.1) is 18.0 Å². The summed E-state index contributed by atoms with van der Waals surface area (Å²) in [6.45, 7) is 4.33. The Bertz CT molecular complexity index is 917. The zero-order valence-corrected chi connectivity index (χ0v) is 18.6. The molecule has 0 spiro atoms. The lowest BCUT2D eigenvalue weighted by Gasteiger charge is -2.47. The van der Waals surface area contributed by atoms with Crippen LogP contribution in [-0.2, 0) is 14.4 Å². The van der Waals surface area contributed by atoms with Crippen molar-refractivity contribution >= 4 is 29.5 Å². The van der Waals surface area contributed by atoms with Gasteiger partial charge in [-0.25, -0.2) is 4.79 Å². The maximum Gasteiger partial charge on any atom is 0.353 e. The molecule has 1 aromatic heterocycles. The highest BCUT2D eigenvalue weighted by Crippen LogP contribution is 2.52. The Morgan fingerprint density at radius 2 is 2.19 bits per heavy atom. The molecule has 6 atom stereocenters. The first-order valence-electron chi connectivity index (χ1n) is 10.2. The number of hydrogen-bond acceptors (Lipinski definition) is 8. The molecular weight excluding hydrogens is 424 g/mol. The predicted molar refractivity (Wildman–Crippen MR) is 111 cm³/mol. The van der Waals surface area contributed by atoms with Crippen molar-refractivity contribution in [3.63, 3.8) is 0 Å². The first-order valence-corrected chi connectivity index (χ1v) is 11.1. The van der Waals surface area contributed by atoms with Gasteiger partial charge in [-0.05, 0) is 18.5 Å². The Morgan fingerprint density at radius 3 is 2.81 bits per heavy atom. The maximum absolute atomic E-state index is 12.9. The number of hydrogen-bond donors (Lipinski definition) is 2. The lowest BCUT2D eigenvalue weighted by atomic mass is 9.79. The highest BCUT2D eigenvalue weighted by Gasteiger charge is 2.61. The molecule has 3 aliphatic rings. The van der Waals surface area contributed by atoms with Gasteiger partial charge in [0.1, 0.15) is 18.1 Å². The molecule has 0 aromatic carbocycles. The first kappa shape index (κ1) is 21.7. The summed E-state index contributed by atoms with van der Waals surface area (Å²) in [7, 11) is 3.43. The van der Waals surface area contributed by atoms with Gasteiger partial charge < -0.3 is 29.5 Å². The van der Waals surface area contributed by atoms with Crippen LogP contribution in [0.4, 0.5) is 0 Å². The molecule has 3 aliphatic heterocycles. The average Bonchev–Trinajstić information content (AvgIpc) is 3.42. The summed E-state index contributed by atoms with van der Waals surface area (Å²) in [5.41, 5.74) is 0.0553. The minimum absolute atomic E-state index is 0.00731. The van der Waals surface area contributed by atoms with E-state index in [1.54, 1.807) is 32.0 Å². The molecule has 1 unspecified atom stereocenters. The quantitative estimate of drug-likeness (QED) is 0.579. The fourth-order valence-corrected chi connectivity index (χ4v) is 6.14. The number of likely N-dealkylation sites (N-methyl/N-ethyl adjacent to an activating group) is 1. The van der Waals surface area contributed by atoms with Crippen molar-refractivity contribution in [2.75, 3.05) is 20.6 Å². The van der Waals surface area contributed by atoms with E-state index in [1.165, 1.54) is 22.9 Å². The number of ether oxygens (including phenoxy) is 1. The molecular formula is C20H26N4O6S. The van der Waals surface area contributed by atoms with Gasteiger partial charge in [-0.1, -0.05) is 6.92 Å². The van der Waals surface area contributed by atoms with Crippen molar-refractivity contribution < 1.29 is 28.8 Å². The number of carbonyl (C=O) groups excluding carboxylic acids is 2. The molecule has 2 fully saturated rings. The van der Waals surface area contributed by atoms with Crippen LogP contribution in [0, 0.1) is 11.8 Å². The number of β-lactam (4-membered cyclic amide) rings is 1. The minimum Gasteiger partial charge on any atom is -0.477 e. The Morgan fingerprint density at radius 1 is 1.45 bits per heavy atom. The van der Waals surface area contributed by atoms with Crippen molar-refractivity contribution in [2.24, 2.45) is 11.8 Å². The molecule has 2 N–H and O–H groups in total. The van der Waals surface area contributed by atoms with Crippen LogP contribution in [0.3, 0.4) is 0 Å². The van der Waals surface area contributed by atoms with Crippen LogP contribution in [0.1, 0.15) is 20.3 Å². The van der Waals surface area contributed by atoms with Crippen molar-refractivity contribution in [2.45, 2.75) is 43.7 Å². The molecule has 0 radical (unpaired) electrons. The predicted octanol–water partition coefficient (Wildman–Crippen LogP) is 0.767. The summed E-state index contributed by atoms with van der Waals surface area (Å²) in [6.07, 6.45) is 1.52. The van der Waals surface area contributed by atoms with E-state index in [0.29, 0.717) is 23.8 Å². The molecule has 0 saturated carbocycles. The van der Waals surface area contributed by atoms with E-state index in [4.69, 9.17) is 9.26 Å². The first-order chi connectivity index (χ1) is 14.7. The Labute approximate surface area is 183 Å². The van der Waals surface area contributed by atoms with Crippen LogP contribution in [-0.4, -0.2) is 81.9 Å². The fraction of sp³-hybridized carbons (Fsp3) is 0.600. The summed E-state index contributed by atoms with van der Waals surface area (Å²) >= 11 is 1.46. The third-order valence-electron chi connectivity index (χ3n) is 6.14. The van der Waals surface area contributed by atoms with Crippen molar-refractivity contribution in [3.05, 3.63) is 22.9 Å². The number of nitrogens with zero attached hydrogens (tertiary/aromatic N) is 3. The second-order valence-electron chi connectivity index (χ2n) is 8.36. The van der Waals surface area contributed by atoms with Gasteiger partial charge in [-0.15, -0.1) is 11.8 Å². The number of thioether (sulfide) groups is 1. The van der Waals surface area contributed by atoms with Crippen molar-refractivity contribution in [1.29, 1.82) is 0 Å². The van der Waals surface area contributed by atoms with Gasteiger partial charge in [-0.2, -0.15) is 0 Å². The monoisotopic (exact) mass is 450 g/mol. The summed E-state index contributed by atoms with van der Waals surface area (Å²) in [5.74, 6) is -1.69. The number of aromatic nitrogens is 1. The van der Waals surface area contributed by atoms with Gasteiger partial charge in [0, 0.05) is 42.8 Å². The Kier molecular flexibility index (Phi) is 5.73. The Hall–Kier alpha value is -2.53. The second kappa shape index (κ2) is 8.19. The van der Waals surface area contributed by atoms with E-state index < -0.39 is 18.0 Å². The number of rotatable bonds is 7. The second-order valence-corrected chi connectivity index (χ2v) is 9.70. The zero-order chi connectivity index (χ0) is 22.4. The molecule has 168 valence electrons.